The Labute approximate surface area is 176 Å². The van der Waals surface area contributed by atoms with Gasteiger partial charge in [0.15, 0.2) is 6.29 Å². The van der Waals surface area contributed by atoms with E-state index < -0.39 is 41.8 Å². The monoisotopic (exact) mass is 442 g/mol. The number of benzene rings is 2. The molecule has 4 atom stereocenters. The summed E-state index contributed by atoms with van der Waals surface area (Å²) in [5.41, 5.74) is -2.21. The number of alkyl halides is 6. The zero-order valence-corrected chi connectivity index (χ0v) is 16.5. The molecule has 31 heavy (non-hydrogen) atoms. The van der Waals surface area contributed by atoms with Gasteiger partial charge in [-0.3, -0.25) is 0 Å². The van der Waals surface area contributed by atoms with E-state index in [0.29, 0.717) is 18.6 Å². The van der Waals surface area contributed by atoms with Crippen LogP contribution in [0.5, 0.6) is 0 Å². The SMILES string of the molecule is C#C[C@@H]1CCO[C@H](O[C@H](C)c2cc(C(F)(F)F)cc(C(F)(F)F)c2)[C@H]1c1ccccc1. The van der Waals surface area contributed by atoms with E-state index in [1.54, 1.807) is 12.1 Å². The third-order valence-corrected chi connectivity index (χ3v) is 5.25. The van der Waals surface area contributed by atoms with E-state index in [-0.39, 0.29) is 24.2 Å². The molecule has 0 aromatic heterocycles. The van der Waals surface area contributed by atoms with E-state index in [1.165, 1.54) is 6.92 Å². The van der Waals surface area contributed by atoms with Crippen molar-refractivity contribution in [2.75, 3.05) is 6.61 Å². The zero-order valence-electron chi connectivity index (χ0n) is 16.5. The summed E-state index contributed by atoms with van der Waals surface area (Å²) in [6.45, 7) is 1.66. The molecule has 8 heteroatoms. The molecule has 1 saturated heterocycles. The Bertz CT molecular complexity index is 898. The molecule has 166 valence electrons. The van der Waals surface area contributed by atoms with E-state index >= 15 is 0 Å². The Hall–Kier alpha value is -2.50. The Morgan fingerprint density at radius 1 is 1.00 bits per heavy atom. The van der Waals surface area contributed by atoms with Crippen LogP contribution in [0.3, 0.4) is 0 Å². The standard InChI is InChI=1S/C23H20F6O2/c1-3-15-9-10-30-21(20(15)16-7-5-4-6-8-16)31-14(2)17-11-18(22(24,25)26)13-19(12-17)23(27,28)29/h1,4-8,11-15,20-21H,9-10H2,2H3/t14-,15-,20-,21-/m1/s1. The van der Waals surface area contributed by atoms with E-state index in [4.69, 9.17) is 15.9 Å². The van der Waals surface area contributed by atoms with Crippen LogP contribution in [-0.2, 0) is 21.8 Å². The molecule has 0 amide bonds. The molecule has 2 nitrogen and oxygen atoms in total. The highest BCUT2D eigenvalue weighted by Crippen LogP contribution is 2.41. The molecule has 1 aliphatic heterocycles. The van der Waals surface area contributed by atoms with Gasteiger partial charge in [-0.2, -0.15) is 26.3 Å². The second-order valence-corrected chi connectivity index (χ2v) is 7.36. The van der Waals surface area contributed by atoms with Crippen molar-refractivity contribution in [3.8, 4) is 12.3 Å². The second kappa shape index (κ2) is 8.93. The van der Waals surface area contributed by atoms with Crippen LogP contribution in [0.4, 0.5) is 26.3 Å². The summed E-state index contributed by atoms with van der Waals surface area (Å²) in [7, 11) is 0. The van der Waals surface area contributed by atoms with Crippen LogP contribution >= 0.6 is 0 Å². The van der Waals surface area contributed by atoms with Crippen molar-refractivity contribution in [2.24, 2.45) is 5.92 Å². The van der Waals surface area contributed by atoms with Crippen molar-refractivity contribution in [1.82, 2.24) is 0 Å². The summed E-state index contributed by atoms with van der Waals surface area (Å²) < 4.78 is 90.7. The Kier molecular flexibility index (Phi) is 6.68. The lowest BCUT2D eigenvalue weighted by Crippen LogP contribution is -2.36. The average Bonchev–Trinajstić information content (AvgIpc) is 2.72. The van der Waals surface area contributed by atoms with Gasteiger partial charge in [-0.25, -0.2) is 0 Å². The van der Waals surface area contributed by atoms with Crippen LogP contribution in [0.15, 0.2) is 48.5 Å². The van der Waals surface area contributed by atoms with Gasteiger partial charge < -0.3 is 9.47 Å². The molecule has 0 N–H and O–H groups in total. The molecular weight excluding hydrogens is 422 g/mol. The van der Waals surface area contributed by atoms with Crippen LogP contribution in [0.2, 0.25) is 0 Å². The van der Waals surface area contributed by atoms with Crippen LogP contribution < -0.4 is 0 Å². The van der Waals surface area contributed by atoms with Crippen LogP contribution in [0.1, 0.15) is 47.6 Å². The molecule has 1 heterocycles. The number of terminal acetylenes is 1. The van der Waals surface area contributed by atoms with E-state index in [9.17, 15) is 26.3 Å². The van der Waals surface area contributed by atoms with Crippen molar-refractivity contribution < 1.29 is 35.8 Å². The third kappa shape index (κ3) is 5.41. The number of ether oxygens (including phenoxy) is 2. The molecule has 0 unspecified atom stereocenters. The second-order valence-electron chi connectivity index (χ2n) is 7.36. The molecule has 1 aliphatic rings. The van der Waals surface area contributed by atoms with Gasteiger partial charge in [0.05, 0.1) is 23.8 Å². The maximum atomic E-state index is 13.2. The summed E-state index contributed by atoms with van der Waals surface area (Å²) in [4.78, 5) is 0. The molecule has 0 spiro atoms. The lowest BCUT2D eigenvalue weighted by atomic mass is 9.82. The highest BCUT2D eigenvalue weighted by Gasteiger charge is 2.39. The van der Waals surface area contributed by atoms with E-state index in [0.717, 1.165) is 5.56 Å². The molecule has 2 aromatic rings. The molecule has 0 bridgehead atoms. The van der Waals surface area contributed by atoms with E-state index in [1.807, 2.05) is 18.2 Å². The number of hydrogen-bond acceptors (Lipinski definition) is 2. The summed E-state index contributed by atoms with van der Waals surface area (Å²) >= 11 is 0. The predicted octanol–water partition coefficient (Wildman–Crippen LogP) is 6.58. The largest absolute Gasteiger partial charge is 0.416 e. The molecular formula is C23H20F6O2. The van der Waals surface area contributed by atoms with Crippen molar-refractivity contribution in [3.05, 3.63) is 70.8 Å². The summed E-state index contributed by atoms with van der Waals surface area (Å²) in [5, 5.41) is 0. The van der Waals surface area contributed by atoms with Gasteiger partial charge in [0.25, 0.3) is 0 Å². The Morgan fingerprint density at radius 2 is 1.58 bits per heavy atom. The molecule has 3 rings (SSSR count). The van der Waals surface area contributed by atoms with Gasteiger partial charge in [-0.05, 0) is 42.7 Å². The zero-order chi connectivity index (χ0) is 22.8. The van der Waals surface area contributed by atoms with Crippen LogP contribution in [0, 0.1) is 18.3 Å². The molecule has 1 fully saturated rings. The van der Waals surface area contributed by atoms with Crippen LogP contribution in [-0.4, -0.2) is 12.9 Å². The first-order chi connectivity index (χ1) is 14.5. The minimum absolute atomic E-state index is 0.0917. The summed E-state index contributed by atoms with van der Waals surface area (Å²) in [6.07, 6.45) is -5.66. The fourth-order valence-corrected chi connectivity index (χ4v) is 3.65. The first-order valence-corrected chi connectivity index (χ1v) is 9.58. The van der Waals surface area contributed by atoms with Gasteiger partial charge in [0.2, 0.25) is 0 Å². The first kappa shape index (κ1) is 23.2. The van der Waals surface area contributed by atoms with Gasteiger partial charge in [-0.15, -0.1) is 12.3 Å². The minimum Gasteiger partial charge on any atom is -0.352 e. The lowest BCUT2D eigenvalue weighted by molar-refractivity contribution is -0.204. The van der Waals surface area contributed by atoms with Gasteiger partial charge in [0, 0.05) is 11.8 Å². The topological polar surface area (TPSA) is 18.5 Å². The van der Waals surface area contributed by atoms with E-state index in [2.05, 4.69) is 5.92 Å². The van der Waals surface area contributed by atoms with Crippen molar-refractivity contribution >= 4 is 0 Å². The number of rotatable bonds is 4. The average molecular weight is 442 g/mol. The van der Waals surface area contributed by atoms with Gasteiger partial charge >= 0.3 is 12.4 Å². The Morgan fingerprint density at radius 3 is 2.10 bits per heavy atom. The predicted molar refractivity (Wildman–Crippen MR) is 102 cm³/mol. The first-order valence-electron chi connectivity index (χ1n) is 9.58. The molecule has 0 aliphatic carbocycles. The molecule has 2 aromatic carbocycles. The smallest absolute Gasteiger partial charge is 0.352 e. The fourth-order valence-electron chi connectivity index (χ4n) is 3.65. The van der Waals surface area contributed by atoms with Gasteiger partial charge in [-0.1, -0.05) is 30.3 Å². The highest BCUT2D eigenvalue weighted by molar-refractivity contribution is 5.35. The highest BCUT2D eigenvalue weighted by atomic mass is 19.4. The van der Waals surface area contributed by atoms with Crippen molar-refractivity contribution in [3.63, 3.8) is 0 Å². The lowest BCUT2D eigenvalue weighted by Gasteiger charge is -2.37. The molecule has 0 saturated carbocycles. The summed E-state index contributed by atoms with van der Waals surface area (Å²) in [5.74, 6) is 2.04. The van der Waals surface area contributed by atoms with Crippen molar-refractivity contribution in [1.29, 1.82) is 0 Å². The summed E-state index contributed by atoms with van der Waals surface area (Å²) in [6, 6.07) is 10.5. The Balaban J connectivity index is 1.94. The van der Waals surface area contributed by atoms with Gasteiger partial charge in [0.1, 0.15) is 0 Å². The normalized spacial score (nSPS) is 23.2. The number of halogens is 6. The molecule has 0 radical (unpaired) electrons. The third-order valence-electron chi connectivity index (χ3n) is 5.25. The number of hydrogen-bond donors (Lipinski definition) is 0. The maximum absolute atomic E-state index is 13.2. The van der Waals surface area contributed by atoms with Crippen molar-refractivity contribution in [2.45, 2.75) is 44.0 Å². The fraction of sp³-hybridized carbons (Fsp3) is 0.391. The maximum Gasteiger partial charge on any atom is 0.416 e. The minimum atomic E-state index is -4.93. The van der Waals surface area contributed by atoms with Crippen LogP contribution in [0.25, 0.3) is 0 Å². The quantitative estimate of drug-likeness (QED) is 0.393.